The molecule has 1 atom stereocenters. The molecule has 1 N–H and O–H groups in total. The van der Waals surface area contributed by atoms with Gasteiger partial charge in [-0.25, -0.2) is 4.98 Å². The maximum atomic E-state index is 12.3. The molecule has 1 unspecified atom stereocenters. The molecule has 0 aliphatic rings. The van der Waals surface area contributed by atoms with Crippen LogP contribution in [-0.4, -0.2) is 21.2 Å². The summed E-state index contributed by atoms with van der Waals surface area (Å²) in [6.45, 7) is 1.87. The van der Waals surface area contributed by atoms with E-state index in [0.29, 0.717) is 25.4 Å². The molecule has 0 bridgehead atoms. The molecule has 3 aromatic rings. The minimum Gasteiger partial charge on any atom is -0.349 e. The second kappa shape index (κ2) is 8.00. The molecule has 26 heavy (non-hydrogen) atoms. The third-order valence-electron chi connectivity index (χ3n) is 3.82. The van der Waals surface area contributed by atoms with E-state index in [2.05, 4.69) is 10.3 Å². The largest absolute Gasteiger partial charge is 0.349 e. The minimum absolute atomic E-state index is 0.108. The van der Waals surface area contributed by atoms with E-state index in [1.165, 1.54) is 27.7 Å². The third-order valence-corrected chi connectivity index (χ3v) is 6.39. The summed E-state index contributed by atoms with van der Waals surface area (Å²) in [7, 11) is 1.66. The van der Waals surface area contributed by atoms with Crippen molar-refractivity contribution < 1.29 is 4.79 Å². The van der Waals surface area contributed by atoms with Gasteiger partial charge in [0.2, 0.25) is 5.91 Å². The van der Waals surface area contributed by atoms with Crippen molar-refractivity contribution in [2.75, 3.05) is 5.75 Å². The lowest BCUT2D eigenvalue weighted by atomic mass is 10.1. The van der Waals surface area contributed by atoms with Crippen molar-refractivity contribution in [3.8, 4) is 0 Å². The van der Waals surface area contributed by atoms with E-state index in [0.717, 1.165) is 5.56 Å². The number of thiophene rings is 1. The third kappa shape index (κ3) is 4.06. The van der Waals surface area contributed by atoms with Crippen LogP contribution in [0.15, 0.2) is 39.6 Å². The zero-order valence-electron chi connectivity index (χ0n) is 14.0. The first-order valence-corrected chi connectivity index (χ1v) is 10.3. The summed E-state index contributed by atoms with van der Waals surface area (Å²) in [6, 6.07) is 6.80. The number of benzene rings is 1. The average Bonchev–Trinajstić information content (AvgIpc) is 3.07. The number of rotatable bonds is 5. The zero-order chi connectivity index (χ0) is 18.8. The summed E-state index contributed by atoms with van der Waals surface area (Å²) < 4.78 is 1.47. The van der Waals surface area contributed by atoms with Crippen LogP contribution in [0.1, 0.15) is 18.5 Å². The van der Waals surface area contributed by atoms with Crippen LogP contribution in [0, 0.1) is 0 Å². The lowest BCUT2D eigenvalue weighted by molar-refractivity contribution is -0.119. The molecule has 5 nitrogen and oxygen atoms in total. The van der Waals surface area contributed by atoms with Crippen molar-refractivity contribution in [3.05, 3.63) is 55.6 Å². The van der Waals surface area contributed by atoms with Crippen LogP contribution >= 0.6 is 46.3 Å². The van der Waals surface area contributed by atoms with Crippen molar-refractivity contribution in [1.82, 2.24) is 14.9 Å². The number of amides is 1. The molecule has 3 rings (SSSR count). The highest BCUT2D eigenvalue weighted by Crippen LogP contribution is 2.26. The van der Waals surface area contributed by atoms with E-state index >= 15 is 0 Å². The Morgan fingerprint density at radius 1 is 1.35 bits per heavy atom. The zero-order valence-corrected chi connectivity index (χ0v) is 17.1. The molecule has 9 heteroatoms. The summed E-state index contributed by atoms with van der Waals surface area (Å²) in [5.41, 5.74) is 0.756. The number of nitrogens with one attached hydrogen (secondary N) is 1. The monoisotopic (exact) mass is 427 g/mol. The van der Waals surface area contributed by atoms with Gasteiger partial charge < -0.3 is 5.32 Å². The summed E-state index contributed by atoms with van der Waals surface area (Å²) >= 11 is 14.6. The maximum Gasteiger partial charge on any atom is 0.262 e. The standard InChI is InChI=1S/C17H15Cl2N3O2S2/c1-9(10-3-4-12(18)13(19)7-10)20-14(23)8-26-17-21-15-11(5-6-25-15)16(24)22(17)2/h3-7,9H,8H2,1-2H3,(H,20,23). The Balaban J connectivity index is 1.66. The van der Waals surface area contributed by atoms with E-state index < -0.39 is 0 Å². The second-order valence-electron chi connectivity index (χ2n) is 5.65. The second-order valence-corrected chi connectivity index (χ2v) is 8.30. The molecule has 0 saturated heterocycles. The van der Waals surface area contributed by atoms with E-state index in [9.17, 15) is 9.59 Å². The van der Waals surface area contributed by atoms with Gasteiger partial charge in [0.25, 0.3) is 5.56 Å². The fraction of sp³-hybridized carbons (Fsp3) is 0.235. The normalized spacial score (nSPS) is 12.3. The molecule has 136 valence electrons. The van der Waals surface area contributed by atoms with Crippen LogP contribution < -0.4 is 10.9 Å². The van der Waals surface area contributed by atoms with Gasteiger partial charge in [0.05, 0.1) is 27.2 Å². The smallest absolute Gasteiger partial charge is 0.262 e. The van der Waals surface area contributed by atoms with Gasteiger partial charge in [0, 0.05) is 7.05 Å². The number of carbonyl (C=O) groups is 1. The van der Waals surface area contributed by atoms with E-state index in [-0.39, 0.29) is 23.3 Å². The number of carbonyl (C=O) groups excluding carboxylic acids is 1. The molecule has 1 amide bonds. The molecule has 0 spiro atoms. The minimum atomic E-state index is -0.213. The van der Waals surface area contributed by atoms with Crippen molar-refractivity contribution >= 4 is 62.4 Å². The maximum absolute atomic E-state index is 12.3. The quantitative estimate of drug-likeness (QED) is 0.487. The SMILES string of the molecule is CC(NC(=O)CSc1nc2sccc2c(=O)n1C)c1ccc(Cl)c(Cl)c1. The first kappa shape index (κ1) is 19.2. The number of halogens is 2. The lowest BCUT2D eigenvalue weighted by Gasteiger charge is -2.15. The highest BCUT2D eigenvalue weighted by Gasteiger charge is 2.14. The van der Waals surface area contributed by atoms with Crippen molar-refractivity contribution in [1.29, 1.82) is 0 Å². The number of aromatic nitrogens is 2. The number of hydrogen-bond acceptors (Lipinski definition) is 5. The first-order valence-electron chi connectivity index (χ1n) is 7.68. The molecule has 2 aromatic heterocycles. The first-order chi connectivity index (χ1) is 12.4. The van der Waals surface area contributed by atoms with Gasteiger partial charge in [-0.2, -0.15) is 0 Å². The summed E-state index contributed by atoms with van der Waals surface area (Å²) in [6.07, 6.45) is 0. The highest BCUT2D eigenvalue weighted by atomic mass is 35.5. The van der Waals surface area contributed by atoms with E-state index in [1.807, 2.05) is 18.4 Å². The van der Waals surface area contributed by atoms with Crippen LogP contribution in [0.25, 0.3) is 10.2 Å². The lowest BCUT2D eigenvalue weighted by Crippen LogP contribution is -2.28. The Bertz CT molecular complexity index is 1030. The van der Waals surface area contributed by atoms with Gasteiger partial charge in [0.1, 0.15) is 4.83 Å². The van der Waals surface area contributed by atoms with Gasteiger partial charge in [-0.1, -0.05) is 41.0 Å². The molecule has 0 saturated carbocycles. The summed E-state index contributed by atoms with van der Waals surface area (Å²) in [4.78, 5) is 29.7. The predicted molar refractivity (Wildman–Crippen MR) is 109 cm³/mol. The molecule has 0 fully saturated rings. The molecule has 2 heterocycles. The van der Waals surface area contributed by atoms with E-state index in [1.54, 1.807) is 25.2 Å². The Hall–Kier alpha value is -1.54. The fourth-order valence-corrected chi connectivity index (χ4v) is 4.28. The van der Waals surface area contributed by atoms with Crippen LogP contribution in [0.2, 0.25) is 10.0 Å². The van der Waals surface area contributed by atoms with E-state index in [4.69, 9.17) is 23.2 Å². The van der Waals surface area contributed by atoms with Gasteiger partial charge in [0.15, 0.2) is 5.16 Å². The Kier molecular flexibility index (Phi) is 5.92. The number of fused-ring (bicyclic) bond motifs is 1. The van der Waals surface area contributed by atoms with Gasteiger partial charge in [-0.3, -0.25) is 14.2 Å². The topological polar surface area (TPSA) is 64.0 Å². The van der Waals surface area contributed by atoms with Crippen molar-refractivity contribution in [2.45, 2.75) is 18.1 Å². The highest BCUT2D eigenvalue weighted by molar-refractivity contribution is 7.99. The molecule has 0 aliphatic carbocycles. The molecular formula is C17H15Cl2N3O2S2. The van der Waals surface area contributed by atoms with Crippen LogP contribution in [0.5, 0.6) is 0 Å². The van der Waals surface area contributed by atoms with Crippen LogP contribution in [0.3, 0.4) is 0 Å². The number of thioether (sulfide) groups is 1. The van der Waals surface area contributed by atoms with Crippen molar-refractivity contribution in [3.63, 3.8) is 0 Å². The van der Waals surface area contributed by atoms with Crippen LogP contribution in [-0.2, 0) is 11.8 Å². The molecule has 1 aromatic carbocycles. The predicted octanol–water partition coefficient (Wildman–Crippen LogP) is 4.27. The summed E-state index contributed by atoms with van der Waals surface area (Å²) in [5.74, 6) is -0.00266. The van der Waals surface area contributed by atoms with Gasteiger partial charge >= 0.3 is 0 Å². The van der Waals surface area contributed by atoms with Crippen molar-refractivity contribution in [2.24, 2.45) is 7.05 Å². The molecular weight excluding hydrogens is 413 g/mol. The Morgan fingerprint density at radius 2 is 2.12 bits per heavy atom. The Morgan fingerprint density at radius 3 is 2.85 bits per heavy atom. The number of hydrogen-bond donors (Lipinski definition) is 1. The molecule has 0 aliphatic heterocycles. The number of nitrogens with zero attached hydrogens (tertiary/aromatic N) is 2. The summed E-state index contributed by atoms with van der Waals surface area (Å²) in [5, 5.41) is 6.77. The van der Waals surface area contributed by atoms with Gasteiger partial charge in [-0.05, 0) is 36.1 Å². The Labute approximate surface area is 168 Å². The van der Waals surface area contributed by atoms with Gasteiger partial charge in [-0.15, -0.1) is 11.3 Å². The van der Waals surface area contributed by atoms with Crippen LogP contribution in [0.4, 0.5) is 0 Å². The molecule has 0 radical (unpaired) electrons. The average molecular weight is 428 g/mol. The fourth-order valence-electron chi connectivity index (χ4n) is 2.39.